The molecule has 0 amide bonds. The summed E-state index contributed by atoms with van der Waals surface area (Å²) in [6.07, 6.45) is 8.39. The molecule has 0 aromatic carbocycles. The maximum atomic E-state index is 10.6. The summed E-state index contributed by atoms with van der Waals surface area (Å²) in [4.78, 5) is 10.6. The van der Waals surface area contributed by atoms with Crippen LogP contribution in [0.15, 0.2) is 0 Å². The monoisotopic (exact) mass is 171 g/mol. The normalized spacial score (nSPS) is 21.1. The van der Waals surface area contributed by atoms with Crippen LogP contribution in [0.5, 0.6) is 0 Å². The van der Waals surface area contributed by atoms with Crippen molar-refractivity contribution in [3.63, 3.8) is 0 Å². The van der Waals surface area contributed by atoms with Gasteiger partial charge in [-0.2, -0.15) is 0 Å². The summed E-state index contributed by atoms with van der Waals surface area (Å²) in [5, 5.41) is -0.0445. The van der Waals surface area contributed by atoms with E-state index in [-0.39, 0.29) is 5.12 Å². The van der Waals surface area contributed by atoms with Crippen LogP contribution in [0.4, 0.5) is 0 Å². The predicted octanol–water partition coefficient (Wildman–Crippen LogP) is 3.07. The second kappa shape index (κ2) is 4.70. The Morgan fingerprint density at radius 3 is 2.18 bits per heavy atom. The molecule has 1 rings (SSSR count). The van der Waals surface area contributed by atoms with Crippen molar-refractivity contribution >= 4 is 17.7 Å². The number of hydrogen-bond acceptors (Lipinski definition) is 1. The van der Waals surface area contributed by atoms with E-state index in [9.17, 15) is 4.79 Å². The zero-order chi connectivity index (χ0) is 8.10. The maximum absolute atomic E-state index is 10.6. The van der Waals surface area contributed by atoms with Gasteiger partial charge in [0, 0.05) is 6.42 Å². The fourth-order valence-electron chi connectivity index (χ4n) is 1.80. The van der Waals surface area contributed by atoms with Crippen molar-refractivity contribution in [2.75, 3.05) is 0 Å². The van der Waals surface area contributed by atoms with Crippen molar-refractivity contribution < 1.29 is 4.79 Å². The minimum Gasteiger partial charge on any atom is -0.282 e. The third kappa shape index (κ3) is 3.71. The average Bonchev–Trinajstić information content (AvgIpc) is 2.14. The highest BCUT2D eigenvalue weighted by atomic mass is 32.1. The van der Waals surface area contributed by atoms with Crippen molar-refractivity contribution in [3.05, 3.63) is 0 Å². The predicted molar refractivity (Wildman–Crippen MR) is 48.4 cm³/mol. The average molecular weight is 171 g/mol. The molecule has 0 heterocycles. The molecule has 0 saturated heterocycles. The Morgan fingerprint density at radius 2 is 1.73 bits per heavy atom. The summed E-state index contributed by atoms with van der Waals surface area (Å²) in [6.45, 7) is 0. The second-order valence-corrected chi connectivity index (χ2v) is 3.89. The third-order valence-electron chi connectivity index (χ3n) is 2.43. The standard InChI is InChI=1S/C9H15OS/c10-9(11)7-8-5-3-1-2-4-6-8/h8H,1-7H2. The fraction of sp³-hybridized carbons (Fsp3) is 0.889. The molecule has 1 nitrogen and oxygen atoms in total. The Morgan fingerprint density at radius 1 is 1.18 bits per heavy atom. The Labute approximate surface area is 74.0 Å². The summed E-state index contributed by atoms with van der Waals surface area (Å²) in [5.41, 5.74) is 0. The van der Waals surface area contributed by atoms with Gasteiger partial charge in [0.25, 0.3) is 0 Å². The minimum atomic E-state index is -0.0445. The van der Waals surface area contributed by atoms with Crippen molar-refractivity contribution in [2.45, 2.75) is 44.9 Å². The number of carbonyl (C=O) groups excluding carboxylic acids is 1. The van der Waals surface area contributed by atoms with Gasteiger partial charge >= 0.3 is 0 Å². The molecule has 0 aromatic heterocycles. The Kier molecular flexibility index (Phi) is 3.84. The van der Waals surface area contributed by atoms with E-state index in [4.69, 9.17) is 0 Å². The molecular weight excluding hydrogens is 156 g/mol. The molecule has 0 N–H and O–H groups in total. The molecule has 63 valence electrons. The van der Waals surface area contributed by atoms with Gasteiger partial charge in [-0.3, -0.25) is 4.79 Å². The van der Waals surface area contributed by atoms with Crippen molar-refractivity contribution in [1.82, 2.24) is 0 Å². The van der Waals surface area contributed by atoms with Crippen LogP contribution in [0.2, 0.25) is 0 Å². The van der Waals surface area contributed by atoms with Gasteiger partial charge in [0.2, 0.25) is 5.12 Å². The fourth-order valence-corrected chi connectivity index (χ4v) is 2.04. The Balaban J connectivity index is 2.25. The van der Waals surface area contributed by atoms with Gasteiger partial charge in [0.15, 0.2) is 0 Å². The molecule has 11 heavy (non-hydrogen) atoms. The first-order chi connectivity index (χ1) is 5.29. The molecule has 0 aliphatic heterocycles. The summed E-state index contributed by atoms with van der Waals surface area (Å²) >= 11 is 4.57. The van der Waals surface area contributed by atoms with Crippen LogP contribution in [-0.2, 0) is 4.79 Å². The zero-order valence-electron chi connectivity index (χ0n) is 6.84. The van der Waals surface area contributed by atoms with E-state index in [2.05, 4.69) is 12.6 Å². The van der Waals surface area contributed by atoms with Gasteiger partial charge in [-0.15, -0.1) is 0 Å². The zero-order valence-corrected chi connectivity index (χ0v) is 7.66. The summed E-state index contributed by atoms with van der Waals surface area (Å²) in [6, 6.07) is 0. The second-order valence-electron chi connectivity index (χ2n) is 3.43. The summed E-state index contributed by atoms with van der Waals surface area (Å²) < 4.78 is 0. The lowest BCUT2D eigenvalue weighted by Crippen LogP contribution is -2.02. The van der Waals surface area contributed by atoms with Gasteiger partial charge < -0.3 is 0 Å². The first-order valence-corrected chi connectivity index (χ1v) is 4.89. The number of carbonyl (C=O) groups is 1. The van der Waals surface area contributed by atoms with Gasteiger partial charge in [0.05, 0.1) is 0 Å². The van der Waals surface area contributed by atoms with Gasteiger partial charge in [-0.1, -0.05) is 25.7 Å². The highest BCUT2D eigenvalue weighted by molar-refractivity contribution is 7.96. The molecule has 1 aliphatic rings. The molecule has 1 saturated carbocycles. The number of hydrogen-bond donors (Lipinski definition) is 0. The van der Waals surface area contributed by atoms with E-state index in [1.54, 1.807) is 0 Å². The van der Waals surface area contributed by atoms with Crippen LogP contribution in [0, 0.1) is 5.92 Å². The first-order valence-electron chi connectivity index (χ1n) is 4.49. The minimum absolute atomic E-state index is 0.0445. The SMILES string of the molecule is O=C([S])CC1CCCCCC1. The van der Waals surface area contributed by atoms with Crippen LogP contribution >= 0.6 is 12.6 Å². The molecule has 2 heteroatoms. The van der Waals surface area contributed by atoms with Gasteiger partial charge in [0.1, 0.15) is 0 Å². The lowest BCUT2D eigenvalue weighted by molar-refractivity contribution is -0.111. The van der Waals surface area contributed by atoms with E-state index in [0.717, 1.165) is 0 Å². The van der Waals surface area contributed by atoms with E-state index >= 15 is 0 Å². The molecule has 1 aliphatic carbocycles. The molecule has 1 radical (unpaired) electrons. The van der Waals surface area contributed by atoms with E-state index in [1.165, 1.54) is 38.5 Å². The molecular formula is C9H15OS. The highest BCUT2D eigenvalue weighted by Crippen LogP contribution is 2.25. The van der Waals surface area contributed by atoms with E-state index in [0.29, 0.717) is 12.3 Å². The van der Waals surface area contributed by atoms with Crippen LogP contribution in [-0.4, -0.2) is 5.12 Å². The van der Waals surface area contributed by atoms with Crippen LogP contribution in [0.1, 0.15) is 44.9 Å². The van der Waals surface area contributed by atoms with Crippen molar-refractivity contribution in [2.24, 2.45) is 5.92 Å². The topological polar surface area (TPSA) is 17.1 Å². The highest BCUT2D eigenvalue weighted by Gasteiger charge is 2.14. The summed E-state index contributed by atoms with van der Waals surface area (Å²) in [5.74, 6) is 0.613. The van der Waals surface area contributed by atoms with Gasteiger partial charge in [-0.25, -0.2) is 0 Å². The van der Waals surface area contributed by atoms with Crippen LogP contribution in [0.25, 0.3) is 0 Å². The van der Waals surface area contributed by atoms with Crippen LogP contribution < -0.4 is 0 Å². The smallest absolute Gasteiger partial charge is 0.218 e. The largest absolute Gasteiger partial charge is 0.282 e. The molecule has 0 atom stereocenters. The van der Waals surface area contributed by atoms with Crippen LogP contribution in [0.3, 0.4) is 0 Å². The summed E-state index contributed by atoms with van der Waals surface area (Å²) in [7, 11) is 0. The Bertz CT molecular complexity index is 126. The first kappa shape index (κ1) is 8.98. The maximum Gasteiger partial charge on any atom is 0.218 e. The lowest BCUT2D eigenvalue weighted by Gasteiger charge is -2.09. The van der Waals surface area contributed by atoms with Gasteiger partial charge in [-0.05, 0) is 31.4 Å². The Hall–Kier alpha value is -0.110. The van der Waals surface area contributed by atoms with E-state index in [1.807, 2.05) is 0 Å². The molecule has 0 aromatic rings. The number of rotatable bonds is 2. The lowest BCUT2D eigenvalue weighted by atomic mass is 9.97. The van der Waals surface area contributed by atoms with Crippen molar-refractivity contribution in [3.8, 4) is 0 Å². The third-order valence-corrected chi connectivity index (χ3v) is 2.60. The molecule has 1 fully saturated rings. The quantitative estimate of drug-likeness (QED) is 0.583. The molecule has 0 unspecified atom stereocenters. The van der Waals surface area contributed by atoms with Crippen molar-refractivity contribution in [1.29, 1.82) is 0 Å². The van der Waals surface area contributed by atoms with E-state index < -0.39 is 0 Å². The molecule has 0 spiro atoms. The molecule has 0 bridgehead atoms.